The lowest BCUT2D eigenvalue weighted by Crippen LogP contribution is -2.55. The van der Waals surface area contributed by atoms with Crippen molar-refractivity contribution in [3.05, 3.63) is 46.8 Å². The molecule has 0 spiro atoms. The molecule has 0 unspecified atom stereocenters. The summed E-state index contributed by atoms with van der Waals surface area (Å²) in [6.07, 6.45) is 8.42. The molecular weight excluding hydrogens is 358 g/mol. The molecule has 2 N–H and O–H groups in total. The number of carbonyl (C=O) groups excluding carboxylic acids is 2. The second-order valence-electron chi connectivity index (χ2n) is 8.14. The van der Waals surface area contributed by atoms with Gasteiger partial charge in [-0.05, 0) is 38.8 Å². The first kappa shape index (κ1) is 20.6. The summed E-state index contributed by atoms with van der Waals surface area (Å²) in [7, 11) is 0. The molecule has 0 radical (unpaired) electrons. The number of ketones is 1. The van der Waals surface area contributed by atoms with Gasteiger partial charge in [0.2, 0.25) is 0 Å². The zero-order valence-electron chi connectivity index (χ0n) is 17.1. The van der Waals surface area contributed by atoms with Crippen molar-refractivity contribution in [2.75, 3.05) is 6.54 Å². The Balaban J connectivity index is 1.74. The third-order valence-corrected chi connectivity index (χ3v) is 5.93. The van der Waals surface area contributed by atoms with Crippen LogP contribution in [0.5, 0.6) is 0 Å². The number of ether oxygens (including phenoxy) is 2. The van der Waals surface area contributed by atoms with Crippen LogP contribution in [0.3, 0.4) is 0 Å². The van der Waals surface area contributed by atoms with E-state index in [9.17, 15) is 14.7 Å². The molecule has 3 heterocycles. The summed E-state index contributed by atoms with van der Waals surface area (Å²) in [6.45, 7) is 10.1. The minimum absolute atomic E-state index is 0.00453. The van der Waals surface area contributed by atoms with Crippen molar-refractivity contribution in [2.24, 2.45) is 11.8 Å². The standard InChI is InChI=1S/C22H29NO5/c1-12(6-8-16(24)19-17(25)11-23-21(19)26)10-13(2)20-15(4)18-9-7-14(3)22(5,27-18)28-20/h6-8,10,13,15,18,20,24H,9,11H2,1-5H3,(H,23,26)/b8-6+,12-10+,19-16-/t13-,15+,18-,20-,22-/m1/s1. The number of fused-ring (bicyclic) bond motifs is 2. The summed E-state index contributed by atoms with van der Waals surface area (Å²) in [5, 5.41) is 12.5. The second-order valence-corrected chi connectivity index (χ2v) is 8.14. The van der Waals surface area contributed by atoms with Crippen LogP contribution < -0.4 is 5.32 Å². The number of amides is 1. The molecule has 28 heavy (non-hydrogen) atoms. The topological polar surface area (TPSA) is 84.9 Å². The lowest BCUT2D eigenvalue weighted by molar-refractivity contribution is -0.318. The Morgan fingerprint density at radius 3 is 2.71 bits per heavy atom. The molecule has 152 valence electrons. The van der Waals surface area contributed by atoms with Gasteiger partial charge in [0.15, 0.2) is 11.6 Å². The largest absolute Gasteiger partial charge is 0.507 e. The van der Waals surface area contributed by atoms with Crippen LogP contribution >= 0.6 is 0 Å². The molecule has 1 amide bonds. The van der Waals surface area contributed by atoms with E-state index in [0.717, 1.165) is 17.6 Å². The van der Waals surface area contributed by atoms with E-state index < -0.39 is 17.5 Å². The van der Waals surface area contributed by atoms with Crippen LogP contribution in [0.4, 0.5) is 0 Å². The molecular formula is C22H29NO5. The van der Waals surface area contributed by atoms with Crippen molar-refractivity contribution in [1.29, 1.82) is 0 Å². The number of hydrogen-bond donors (Lipinski definition) is 2. The van der Waals surface area contributed by atoms with E-state index in [4.69, 9.17) is 9.47 Å². The number of aliphatic hydroxyl groups is 1. The number of Topliss-reactive ketones (excluding diaryl/α,β-unsaturated/α-hetero) is 1. The molecule has 0 saturated carbocycles. The minimum Gasteiger partial charge on any atom is -0.507 e. The predicted molar refractivity (Wildman–Crippen MR) is 105 cm³/mol. The van der Waals surface area contributed by atoms with Crippen molar-refractivity contribution >= 4 is 11.7 Å². The maximum atomic E-state index is 11.7. The van der Waals surface area contributed by atoms with Gasteiger partial charge in [-0.15, -0.1) is 0 Å². The number of allylic oxidation sites excluding steroid dienone is 3. The van der Waals surface area contributed by atoms with Gasteiger partial charge >= 0.3 is 0 Å². The zero-order chi connectivity index (χ0) is 20.6. The van der Waals surface area contributed by atoms with Crippen molar-refractivity contribution in [3.63, 3.8) is 0 Å². The Morgan fingerprint density at radius 2 is 2.07 bits per heavy atom. The Hall–Kier alpha value is -2.18. The van der Waals surface area contributed by atoms with Gasteiger partial charge in [0, 0.05) is 11.8 Å². The van der Waals surface area contributed by atoms with Gasteiger partial charge in [0.25, 0.3) is 5.91 Å². The van der Waals surface area contributed by atoms with Crippen molar-refractivity contribution in [3.8, 4) is 0 Å². The molecule has 0 aromatic rings. The Kier molecular flexibility index (Phi) is 5.64. The first-order valence-corrected chi connectivity index (χ1v) is 9.76. The number of aliphatic hydroxyl groups excluding tert-OH is 1. The van der Waals surface area contributed by atoms with E-state index in [-0.39, 0.29) is 41.9 Å². The first-order chi connectivity index (χ1) is 13.1. The SMILES string of the molecule is CC1=CC[C@H]2O[C@]1(C)O[C@H]([C@H](C)/C=C(C)/C=C/C(O)=C1\C(=O)CNC1=O)[C@H]2C. The van der Waals surface area contributed by atoms with Crippen molar-refractivity contribution in [1.82, 2.24) is 5.32 Å². The zero-order valence-corrected chi connectivity index (χ0v) is 17.1. The van der Waals surface area contributed by atoms with Crippen LogP contribution in [0.15, 0.2) is 46.8 Å². The summed E-state index contributed by atoms with van der Waals surface area (Å²) >= 11 is 0. The van der Waals surface area contributed by atoms with Crippen LogP contribution in [0.1, 0.15) is 41.0 Å². The smallest absolute Gasteiger partial charge is 0.259 e. The molecule has 5 atom stereocenters. The van der Waals surface area contributed by atoms with Crippen molar-refractivity contribution in [2.45, 2.75) is 59.0 Å². The van der Waals surface area contributed by atoms with Crippen LogP contribution in [0, 0.1) is 11.8 Å². The molecule has 3 aliphatic rings. The number of rotatable bonds is 4. The fraction of sp³-hybridized carbons (Fsp3) is 0.545. The number of hydrogen-bond acceptors (Lipinski definition) is 5. The van der Waals surface area contributed by atoms with E-state index in [1.54, 1.807) is 6.08 Å². The average Bonchev–Trinajstić information content (AvgIpc) is 2.97. The molecule has 6 nitrogen and oxygen atoms in total. The third kappa shape index (κ3) is 3.84. The van der Waals surface area contributed by atoms with Gasteiger partial charge in [-0.3, -0.25) is 9.59 Å². The molecule has 0 aromatic carbocycles. The van der Waals surface area contributed by atoms with Crippen molar-refractivity contribution < 1.29 is 24.2 Å². The van der Waals surface area contributed by atoms with Gasteiger partial charge < -0.3 is 19.9 Å². The number of carbonyl (C=O) groups is 2. The lowest BCUT2D eigenvalue weighted by Gasteiger charge is -2.50. The Labute approximate surface area is 166 Å². The Morgan fingerprint density at radius 1 is 1.36 bits per heavy atom. The van der Waals surface area contributed by atoms with Crippen LogP contribution in [0.25, 0.3) is 0 Å². The quantitative estimate of drug-likeness (QED) is 0.255. The molecule has 2 fully saturated rings. The molecule has 6 heteroatoms. The van der Waals surface area contributed by atoms with E-state index in [2.05, 4.69) is 31.3 Å². The van der Waals surface area contributed by atoms with Gasteiger partial charge in [-0.2, -0.15) is 0 Å². The van der Waals surface area contributed by atoms with E-state index >= 15 is 0 Å². The highest BCUT2D eigenvalue weighted by Gasteiger charge is 2.47. The number of nitrogens with one attached hydrogen (secondary N) is 1. The Bertz CT molecular complexity index is 788. The van der Waals surface area contributed by atoms with E-state index in [0.29, 0.717) is 0 Å². The highest BCUT2D eigenvalue weighted by Crippen LogP contribution is 2.43. The van der Waals surface area contributed by atoms with Crippen LogP contribution in [0.2, 0.25) is 0 Å². The third-order valence-electron chi connectivity index (χ3n) is 5.93. The van der Waals surface area contributed by atoms with Gasteiger partial charge in [0.05, 0.1) is 18.8 Å². The maximum absolute atomic E-state index is 11.7. The van der Waals surface area contributed by atoms with Crippen LogP contribution in [-0.4, -0.2) is 41.3 Å². The molecule has 0 aromatic heterocycles. The summed E-state index contributed by atoms with van der Waals surface area (Å²) in [5.74, 6) is -1.54. The molecule has 2 saturated heterocycles. The second kappa shape index (κ2) is 7.68. The summed E-state index contributed by atoms with van der Waals surface area (Å²) in [5.41, 5.74) is 1.83. The molecule has 3 rings (SSSR count). The fourth-order valence-electron chi connectivity index (χ4n) is 4.10. The summed E-state index contributed by atoms with van der Waals surface area (Å²) in [4.78, 5) is 23.3. The maximum Gasteiger partial charge on any atom is 0.259 e. The summed E-state index contributed by atoms with van der Waals surface area (Å²) in [6, 6.07) is 0. The first-order valence-electron chi connectivity index (χ1n) is 9.76. The van der Waals surface area contributed by atoms with Gasteiger partial charge in [0.1, 0.15) is 11.3 Å². The molecule has 0 aliphatic carbocycles. The van der Waals surface area contributed by atoms with Gasteiger partial charge in [-0.1, -0.05) is 37.6 Å². The fourth-order valence-corrected chi connectivity index (χ4v) is 4.10. The molecule has 2 bridgehead atoms. The van der Waals surface area contributed by atoms with E-state index in [1.807, 2.05) is 20.8 Å². The predicted octanol–water partition coefficient (Wildman–Crippen LogP) is 3.12. The van der Waals surface area contributed by atoms with E-state index in [1.165, 1.54) is 6.08 Å². The normalized spacial score (nSPS) is 36.4. The lowest BCUT2D eigenvalue weighted by atomic mass is 9.82. The van der Waals surface area contributed by atoms with Crippen LogP contribution in [-0.2, 0) is 19.1 Å². The monoisotopic (exact) mass is 387 g/mol. The highest BCUT2D eigenvalue weighted by atomic mass is 16.7. The van der Waals surface area contributed by atoms with Gasteiger partial charge in [-0.25, -0.2) is 0 Å². The minimum atomic E-state index is -0.676. The molecule has 3 aliphatic heterocycles. The average molecular weight is 387 g/mol. The summed E-state index contributed by atoms with van der Waals surface area (Å²) < 4.78 is 12.5. The highest BCUT2D eigenvalue weighted by molar-refractivity contribution is 6.25.